The zero-order valence-corrected chi connectivity index (χ0v) is 30.7. The Hall–Kier alpha value is -6.28. The largest absolute Gasteiger partial charge is 0.370 e. The first-order valence-corrected chi connectivity index (χ1v) is 18.2. The molecule has 12 nitrogen and oxygen atoms in total. The molecule has 0 aliphatic heterocycles. The first-order chi connectivity index (χ1) is 26.6. The van der Waals surface area contributed by atoms with Gasteiger partial charge in [-0.3, -0.25) is 14.6 Å². The first kappa shape index (κ1) is 39.9. The highest BCUT2D eigenvalue weighted by atomic mass is 19.1. The molecule has 0 saturated carbocycles. The average Bonchev–Trinajstić information content (AvgIpc) is 3.50. The molecule has 0 aliphatic carbocycles. The number of carbonyl (C=O) groups is 3. The summed E-state index contributed by atoms with van der Waals surface area (Å²) in [5.41, 5.74) is 15.5. The third-order valence-corrected chi connectivity index (χ3v) is 8.82. The molecule has 2 atom stereocenters. The van der Waals surface area contributed by atoms with Crippen LogP contribution in [-0.2, 0) is 29.1 Å². The van der Waals surface area contributed by atoms with E-state index in [1.54, 1.807) is 18.2 Å². The molecule has 5 rings (SSSR count). The van der Waals surface area contributed by atoms with Crippen LogP contribution in [0.25, 0.3) is 10.9 Å². The van der Waals surface area contributed by atoms with E-state index < -0.39 is 35.7 Å². The highest BCUT2D eigenvalue weighted by Gasteiger charge is 2.27. The van der Waals surface area contributed by atoms with Crippen LogP contribution in [0.2, 0.25) is 0 Å². The van der Waals surface area contributed by atoms with E-state index in [-0.39, 0.29) is 31.2 Å². The van der Waals surface area contributed by atoms with Gasteiger partial charge in [0.2, 0.25) is 11.8 Å². The molecular weight excluding hydrogens is 705 g/mol. The number of nitrogens with two attached hydrogens (primary N) is 2. The lowest BCUT2D eigenvalue weighted by Crippen LogP contribution is -2.54. The van der Waals surface area contributed by atoms with E-state index >= 15 is 0 Å². The first-order valence-electron chi connectivity index (χ1n) is 18.2. The molecule has 0 saturated heterocycles. The smallest absolute Gasteiger partial charge is 0.319 e. The molecule has 1 heterocycles. The molecule has 0 aliphatic rings. The third-order valence-electron chi connectivity index (χ3n) is 8.82. The van der Waals surface area contributed by atoms with Crippen molar-refractivity contribution in [2.24, 2.45) is 16.5 Å². The normalized spacial score (nSPS) is 12.1. The minimum absolute atomic E-state index is 0.102. The fourth-order valence-corrected chi connectivity index (χ4v) is 6.10. The number of urea groups is 1. The van der Waals surface area contributed by atoms with Gasteiger partial charge >= 0.3 is 6.03 Å². The van der Waals surface area contributed by atoms with Gasteiger partial charge < -0.3 is 42.6 Å². The second-order valence-electron chi connectivity index (χ2n) is 13.2. The topological polar surface area (TPSA) is 181 Å². The van der Waals surface area contributed by atoms with Crippen LogP contribution in [0.15, 0.2) is 108 Å². The lowest BCUT2D eigenvalue weighted by molar-refractivity contribution is -0.127. The number of amides is 4. The fraction of sp³-hybridized carbons (Fsp3) is 0.268. The summed E-state index contributed by atoms with van der Waals surface area (Å²) in [7, 11) is 0. The van der Waals surface area contributed by atoms with E-state index in [1.807, 2.05) is 42.5 Å². The van der Waals surface area contributed by atoms with Crippen LogP contribution in [0.3, 0.4) is 0 Å². The number of carbonyl (C=O) groups excluding carboxylic acids is 3. The summed E-state index contributed by atoms with van der Waals surface area (Å²) in [5, 5.41) is 15.5. The molecule has 5 aromatic rings. The second kappa shape index (κ2) is 19.7. The monoisotopic (exact) mass is 751 g/mol. The van der Waals surface area contributed by atoms with Crippen molar-refractivity contribution in [3.8, 4) is 0 Å². The Labute approximate surface area is 318 Å². The zero-order valence-electron chi connectivity index (χ0n) is 30.7. The van der Waals surface area contributed by atoms with Crippen molar-refractivity contribution in [1.29, 1.82) is 0 Å². The maximum atomic E-state index is 14.1. The maximum Gasteiger partial charge on any atom is 0.319 e. The van der Waals surface area contributed by atoms with Crippen LogP contribution in [0.5, 0.6) is 0 Å². The molecule has 55 heavy (non-hydrogen) atoms. The summed E-state index contributed by atoms with van der Waals surface area (Å²) >= 11 is 0. The minimum Gasteiger partial charge on any atom is -0.370 e. The number of hydrogen-bond donors (Lipinski definition) is 7. The van der Waals surface area contributed by atoms with E-state index in [1.165, 1.54) is 36.4 Å². The standard InChI is InChI=1S/C41H47F2N9O3/c1-2-20-46-24-29-26-52(25-28-10-12-30(42)13-11-28)37-19-18-33(23-34(29)37)48-39(54)36(22-27-7-4-3-5-8-27)50-38(53)35(9-6-21-47-40(44)45)51-41(55)49-32-16-14-31(43)15-17-32/h3-5,7-8,10-19,23,26,35-36,46H,2,6,9,20-22,24-25H2,1H3,(H,48,54)(H,50,53)(H4,44,45,47)(H2,49,51,55)/t35-,36-/m1/s1. The molecule has 0 radical (unpaired) electrons. The Bertz CT molecular complexity index is 2070. The average molecular weight is 752 g/mol. The Morgan fingerprint density at radius 2 is 1.47 bits per heavy atom. The maximum absolute atomic E-state index is 14.1. The van der Waals surface area contributed by atoms with Gasteiger partial charge in [0.25, 0.3) is 0 Å². The van der Waals surface area contributed by atoms with Crippen LogP contribution >= 0.6 is 0 Å². The zero-order chi connectivity index (χ0) is 39.2. The van der Waals surface area contributed by atoms with E-state index in [0.717, 1.165) is 40.6 Å². The molecule has 9 N–H and O–H groups in total. The third kappa shape index (κ3) is 12.1. The van der Waals surface area contributed by atoms with Gasteiger partial charge in [-0.15, -0.1) is 0 Å². The number of fused-ring (bicyclic) bond motifs is 1. The van der Waals surface area contributed by atoms with Crippen molar-refractivity contribution in [3.63, 3.8) is 0 Å². The lowest BCUT2D eigenvalue weighted by Gasteiger charge is -2.23. The number of aromatic nitrogens is 1. The number of rotatable bonds is 18. The summed E-state index contributed by atoms with van der Waals surface area (Å²) in [5.74, 6) is -1.91. The molecule has 4 amide bonds. The van der Waals surface area contributed by atoms with Gasteiger partial charge in [0.1, 0.15) is 23.7 Å². The number of nitrogens with one attached hydrogen (secondary N) is 5. The van der Waals surface area contributed by atoms with Gasteiger partial charge in [-0.05, 0) is 97.1 Å². The molecule has 0 unspecified atom stereocenters. The van der Waals surface area contributed by atoms with E-state index in [2.05, 4.69) is 49.3 Å². The van der Waals surface area contributed by atoms with Gasteiger partial charge in [0, 0.05) is 54.5 Å². The van der Waals surface area contributed by atoms with Crippen molar-refractivity contribution in [2.45, 2.75) is 57.8 Å². The van der Waals surface area contributed by atoms with Gasteiger partial charge in [-0.25, -0.2) is 13.6 Å². The quantitative estimate of drug-likeness (QED) is 0.0359. The van der Waals surface area contributed by atoms with Crippen molar-refractivity contribution >= 4 is 46.1 Å². The number of guanidine groups is 1. The Morgan fingerprint density at radius 3 is 2.16 bits per heavy atom. The number of hydrogen-bond acceptors (Lipinski definition) is 5. The van der Waals surface area contributed by atoms with Crippen LogP contribution in [0, 0.1) is 11.6 Å². The predicted molar refractivity (Wildman–Crippen MR) is 212 cm³/mol. The van der Waals surface area contributed by atoms with Gasteiger partial charge in [0.05, 0.1) is 0 Å². The number of benzene rings is 4. The molecule has 4 aromatic carbocycles. The Kier molecular flexibility index (Phi) is 14.3. The molecular formula is C41H47F2N9O3. The van der Waals surface area contributed by atoms with E-state index in [9.17, 15) is 23.2 Å². The molecule has 288 valence electrons. The Morgan fingerprint density at radius 1 is 0.782 bits per heavy atom. The van der Waals surface area contributed by atoms with E-state index in [4.69, 9.17) is 11.5 Å². The number of anilines is 2. The summed E-state index contributed by atoms with van der Waals surface area (Å²) in [6, 6.07) is 23.7. The van der Waals surface area contributed by atoms with Crippen LogP contribution in [-0.4, -0.2) is 53.5 Å². The van der Waals surface area contributed by atoms with E-state index in [0.29, 0.717) is 30.9 Å². The van der Waals surface area contributed by atoms with Gasteiger partial charge in [-0.2, -0.15) is 0 Å². The van der Waals surface area contributed by atoms with Crippen molar-refractivity contribution < 1.29 is 23.2 Å². The van der Waals surface area contributed by atoms with Crippen molar-refractivity contribution in [1.82, 2.24) is 20.5 Å². The van der Waals surface area contributed by atoms with Crippen LogP contribution in [0.4, 0.5) is 25.0 Å². The highest BCUT2D eigenvalue weighted by molar-refractivity contribution is 6.00. The highest BCUT2D eigenvalue weighted by Crippen LogP contribution is 2.27. The van der Waals surface area contributed by atoms with Crippen LogP contribution < -0.4 is 38.1 Å². The van der Waals surface area contributed by atoms with Crippen LogP contribution in [0.1, 0.15) is 42.9 Å². The van der Waals surface area contributed by atoms with Gasteiger partial charge in [0.15, 0.2) is 5.96 Å². The molecule has 1 aromatic heterocycles. The number of nitrogens with zero attached hydrogens (tertiary/aromatic N) is 2. The second-order valence-corrected chi connectivity index (χ2v) is 13.2. The predicted octanol–water partition coefficient (Wildman–Crippen LogP) is 5.38. The summed E-state index contributed by atoms with van der Waals surface area (Å²) in [4.78, 5) is 44.9. The fourth-order valence-electron chi connectivity index (χ4n) is 6.10. The summed E-state index contributed by atoms with van der Waals surface area (Å²) in [6.07, 6.45) is 3.70. The number of halogens is 2. The van der Waals surface area contributed by atoms with Crippen molar-refractivity contribution in [2.75, 3.05) is 23.7 Å². The Balaban J connectivity index is 1.37. The van der Waals surface area contributed by atoms with Crippen molar-refractivity contribution in [3.05, 3.63) is 132 Å². The molecule has 0 fully saturated rings. The minimum atomic E-state index is -1.07. The molecule has 14 heteroatoms. The SMILES string of the molecule is CCCNCc1cn(Cc2ccc(F)cc2)c2ccc(NC(=O)[C@@H](Cc3ccccc3)NC(=O)[C@@H](CCCN=C(N)N)NC(=O)Nc3ccc(F)cc3)cc12. The lowest BCUT2D eigenvalue weighted by atomic mass is 10.0. The number of aliphatic imine (C=N–C) groups is 1. The van der Waals surface area contributed by atoms with Gasteiger partial charge in [-0.1, -0.05) is 49.4 Å². The summed E-state index contributed by atoms with van der Waals surface area (Å²) < 4.78 is 29.1. The molecule has 0 bridgehead atoms. The summed E-state index contributed by atoms with van der Waals surface area (Å²) in [6.45, 7) is 4.28. The molecule has 0 spiro atoms.